The summed E-state index contributed by atoms with van der Waals surface area (Å²) in [7, 11) is 0. The van der Waals surface area contributed by atoms with Crippen LogP contribution in [-0.4, -0.2) is 48.9 Å². The molecule has 1 heterocycles. The van der Waals surface area contributed by atoms with Crippen LogP contribution in [-0.2, 0) is 16.0 Å². The van der Waals surface area contributed by atoms with Crippen LogP contribution in [0.2, 0.25) is 0 Å². The van der Waals surface area contributed by atoms with Gasteiger partial charge >= 0.3 is 0 Å². The van der Waals surface area contributed by atoms with E-state index in [1.165, 1.54) is 18.4 Å². The van der Waals surface area contributed by atoms with E-state index >= 15 is 0 Å². The molecule has 0 saturated carbocycles. The summed E-state index contributed by atoms with van der Waals surface area (Å²) >= 11 is 0. The minimum absolute atomic E-state index is 0.0531. The molecule has 0 spiro atoms. The highest BCUT2D eigenvalue weighted by Crippen LogP contribution is 2.13. The maximum atomic E-state index is 11.9. The summed E-state index contributed by atoms with van der Waals surface area (Å²) in [6.07, 6.45) is 3.69. The number of hydrogen-bond acceptors (Lipinski definition) is 3. The molecule has 1 atom stereocenters. The summed E-state index contributed by atoms with van der Waals surface area (Å²) in [4.78, 5) is 26.0. The number of likely N-dealkylation sites (tertiary alicyclic amines) is 1. The van der Waals surface area contributed by atoms with Gasteiger partial charge in [-0.15, -0.1) is 0 Å². The van der Waals surface area contributed by atoms with Crippen LogP contribution in [0.4, 0.5) is 0 Å². The quantitative estimate of drug-likeness (QED) is 0.760. The maximum absolute atomic E-state index is 11.9. The zero-order chi connectivity index (χ0) is 16.5. The molecule has 1 saturated heterocycles. The average molecular weight is 317 g/mol. The lowest BCUT2D eigenvalue weighted by atomic mass is 10.1. The Balaban J connectivity index is 1.57. The minimum Gasteiger partial charge on any atom is -0.354 e. The summed E-state index contributed by atoms with van der Waals surface area (Å²) in [5.74, 6) is -0.189. The van der Waals surface area contributed by atoms with Crippen molar-refractivity contribution in [2.24, 2.45) is 0 Å². The zero-order valence-electron chi connectivity index (χ0n) is 13.9. The number of carbonyl (C=O) groups excluding carboxylic acids is 2. The third-order valence-corrected chi connectivity index (χ3v) is 4.27. The zero-order valence-corrected chi connectivity index (χ0v) is 13.9. The van der Waals surface area contributed by atoms with Gasteiger partial charge in [-0.25, -0.2) is 0 Å². The molecule has 1 aliphatic rings. The van der Waals surface area contributed by atoms with E-state index in [1.807, 2.05) is 30.3 Å². The van der Waals surface area contributed by atoms with Gasteiger partial charge in [-0.2, -0.15) is 0 Å². The van der Waals surface area contributed by atoms with Gasteiger partial charge < -0.3 is 15.5 Å². The molecule has 5 nitrogen and oxygen atoms in total. The van der Waals surface area contributed by atoms with Gasteiger partial charge in [0.15, 0.2) is 0 Å². The predicted molar refractivity (Wildman–Crippen MR) is 91.1 cm³/mol. The summed E-state index contributed by atoms with van der Waals surface area (Å²) in [6, 6.07) is 10.3. The fourth-order valence-corrected chi connectivity index (χ4v) is 2.88. The molecular weight excluding hydrogens is 290 g/mol. The van der Waals surface area contributed by atoms with Crippen molar-refractivity contribution in [2.45, 2.75) is 38.6 Å². The van der Waals surface area contributed by atoms with Gasteiger partial charge in [-0.1, -0.05) is 30.3 Å². The molecule has 0 bridgehead atoms. The Kier molecular flexibility index (Phi) is 7.07. The Morgan fingerprint density at radius 1 is 1.09 bits per heavy atom. The maximum Gasteiger partial charge on any atom is 0.239 e. The highest BCUT2D eigenvalue weighted by Gasteiger charge is 2.20. The van der Waals surface area contributed by atoms with E-state index in [9.17, 15) is 9.59 Å². The second-order valence-corrected chi connectivity index (χ2v) is 6.16. The Morgan fingerprint density at radius 2 is 1.78 bits per heavy atom. The molecule has 2 N–H and O–H groups in total. The first-order valence-corrected chi connectivity index (χ1v) is 8.46. The van der Waals surface area contributed by atoms with Gasteiger partial charge in [0, 0.05) is 19.0 Å². The average Bonchev–Trinajstić information content (AvgIpc) is 3.08. The summed E-state index contributed by atoms with van der Waals surface area (Å²) in [5, 5.41) is 5.54. The number of nitrogens with zero attached hydrogens (tertiary/aromatic N) is 1. The van der Waals surface area contributed by atoms with Gasteiger partial charge in [0.25, 0.3) is 0 Å². The molecule has 2 amide bonds. The molecule has 1 aliphatic heterocycles. The molecule has 5 heteroatoms. The molecule has 1 aromatic rings. The van der Waals surface area contributed by atoms with Gasteiger partial charge in [0.2, 0.25) is 11.8 Å². The normalized spacial score (nSPS) is 16.0. The van der Waals surface area contributed by atoms with Crippen molar-refractivity contribution in [3.8, 4) is 0 Å². The highest BCUT2D eigenvalue weighted by molar-refractivity contribution is 5.84. The Bertz CT molecular complexity index is 498. The highest BCUT2D eigenvalue weighted by atomic mass is 16.2. The number of carbonyl (C=O) groups is 2. The summed E-state index contributed by atoms with van der Waals surface area (Å²) in [5.41, 5.74) is 1.19. The molecular formula is C18H27N3O2. The van der Waals surface area contributed by atoms with E-state index in [2.05, 4.69) is 22.5 Å². The SMILES string of the molecule is CC(CC(=O)NCC(=O)NCCc1ccccc1)N1CCCC1. The van der Waals surface area contributed by atoms with Crippen molar-refractivity contribution in [2.75, 3.05) is 26.2 Å². The Morgan fingerprint density at radius 3 is 2.48 bits per heavy atom. The van der Waals surface area contributed by atoms with Crippen molar-refractivity contribution < 1.29 is 9.59 Å². The van der Waals surface area contributed by atoms with Crippen LogP contribution in [0.3, 0.4) is 0 Å². The molecule has 0 aromatic heterocycles. The van der Waals surface area contributed by atoms with Crippen LogP contribution >= 0.6 is 0 Å². The van der Waals surface area contributed by atoms with Crippen molar-refractivity contribution in [1.29, 1.82) is 0 Å². The minimum atomic E-state index is -0.136. The van der Waals surface area contributed by atoms with E-state index < -0.39 is 0 Å². The Labute approximate surface area is 138 Å². The van der Waals surface area contributed by atoms with Gasteiger partial charge in [-0.05, 0) is 44.8 Å². The fourth-order valence-electron chi connectivity index (χ4n) is 2.88. The molecule has 0 aliphatic carbocycles. The van der Waals surface area contributed by atoms with E-state index in [4.69, 9.17) is 0 Å². The molecule has 1 unspecified atom stereocenters. The first kappa shape index (κ1) is 17.5. The van der Waals surface area contributed by atoms with E-state index in [1.54, 1.807) is 0 Å². The standard InChI is InChI=1S/C18H27N3O2/c1-15(21-11-5-6-12-21)13-17(22)20-14-18(23)19-10-9-16-7-3-2-4-8-16/h2-4,7-8,15H,5-6,9-14H2,1H3,(H,19,23)(H,20,22). The molecule has 2 rings (SSSR count). The van der Waals surface area contributed by atoms with Crippen LogP contribution in [0.1, 0.15) is 31.7 Å². The van der Waals surface area contributed by atoms with Crippen LogP contribution in [0.25, 0.3) is 0 Å². The van der Waals surface area contributed by atoms with Crippen molar-refractivity contribution >= 4 is 11.8 Å². The van der Waals surface area contributed by atoms with Crippen LogP contribution in [0.15, 0.2) is 30.3 Å². The molecule has 1 aromatic carbocycles. The number of rotatable bonds is 8. The number of hydrogen-bond donors (Lipinski definition) is 2. The van der Waals surface area contributed by atoms with Crippen LogP contribution in [0, 0.1) is 0 Å². The van der Waals surface area contributed by atoms with Crippen LogP contribution < -0.4 is 10.6 Å². The third kappa shape index (κ3) is 6.40. The lowest BCUT2D eigenvalue weighted by molar-refractivity contribution is -0.126. The largest absolute Gasteiger partial charge is 0.354 e. The predicted octanol–water partition coefficient (Wildman–Crippen LogP) is 1.34. The van der Waals surface area contributed by atoms with E-state index in [-0.39, 0.29) is 24.4 Å². The lowest BCUT2D eigenvalue weighted by Gasteiger charge is -2.22. The first-order chi connectivity index (χ1) is 11.1. The van der Waals surface area contributed by atoms with E-state index in [0.717, 1.165) is 19.5 Å². The number of benzene rings is 1. The molecule has 1 fully saturated rings. The third-order valence-electron chi connectivity index (χ3n) is 4.27. The molecule has 0 radical (unpaired) electrons. The number of nitrogens with one attached hydrogen (secondary N) is 2. The van der Waals surface area contributed by atoms with Crippen molar-refractivity contribution in [3.05, 3.63) is 35.9 Å². The van der Waals surface area contributed by atoms with E-state index in [0.29, 0.717) is 13.0 Å². The van der Waals surface area contributed by atoms with Crippen molar-refractivity contribution in [1.82, 2.24) is 15.5 Å². The topological polar surface area (TPSA) is 61.4 Å². The second-order valence-electron chi connectivity index (χ2n) is 6.16. The van der Waals surface area contributed by atoms with Gasteiger partial charge in [0.05, 0.1) is 6.54 Å². The number of amides is 2. The molecule has 126 valence electrons. The first-order valence-electron chi connectivity index (χ1n) is 8.46. The molecule has 23 heavy (non-hydrogen) atoms. The summed E-state index contributed by atoms with van der Waals surface area (Å²) < 4.78 is 0. The monoisotopic (exact) mass is 317 g/mol. The van der Waals surface area contributed by atoms with Crippen molar-refractivity contribution in [3.63, 3.8) is 0 Å². The van der Waals surface area contributed by atoms with Gasteiger partial charge in [-0.3, -0.25) is 9.59 Å². The Hall–Kier alpha value is -1.88. The smallest absolute Gasteiger partial charge is 0.239 e. The van der Waals surface area contributed by atoms with Crippen LogP contribution in [0.5, 0.6) is 0 Å². The second kappa shape index (κ2) is 9.30. The lowest BCUT2D eigenvalue weighted by Crippen LogP contribution is -2.40. The fraction of sp³-hybridized carbons (Fsp3) is 0.556. The summed E-state index contributed by atoms with van der Waals surface area (Å²) in [6.45, 7) is 4.87. The van der Waals surface area contributed by atoms with Gasteiger partial charge in [0.1, 0.15) is 0 Å².